The van der Waals surface area contributed by atoms with Crippen LogP contribution in [-0.4, -0.2) is 0 Å². The van der Waals surface area contributed by atoms with E-state index in [4.69, 9.17) is 0 Å². The molecule has 8 heavy (non-hydrogen) atoms. The first kappa shape index (κ1) is 4.60. The SMILES string of the molecule is C1=C2CC[C](C1)CC2. The molecule has 0 aromatic carbocycles. The van der Waals surface area contributed by atoms with Crippen molar-refractivity contribution in [1.29, 1.82) is 0 Å². The van der Waals surface area contributed by atoms with Crippen LogP contribution in [0.2, 0.25) is 0 Å². The highest BCUT2D eigenvalue weighted by atomic mass is 14.2. The van der Waals surface area contributed by atoms with Gasteiger partial charge >= 0.3 is 0 Å². The molecule has 3 aliphatic carbocycles. The summed E-state index contributed by atoms with van der Waals surface area (Å²) < 4.78 is 0. The van der Waals surface area contributed by atoms with Gasteiger partial charge in [0.05, 0.1) is 0 Å². The topological polar surface area (TPSA) is 0 Å². The molecule has 0 aliphatic heterocycles. The maximum Gasteiger partial charge on any atom is -0.0197 e. The molecule has 1 saturated carbocycles. The molecule has 0 saturated heterocycles. The molecule has 0 unspecified atom stereocenters. The minimum atomic E-state index is 1.31. The first-order chi connectivity index (χ1) is 3.95. The maximum atomic E-state index is 2.42. The Morgan fingerprint density at radius 3 is 1.88 bits per heavy atom. The Labute approximate surface area is 50.6 Å². The van der Waals surface area contributed by atoms with Crippen LogP contribution in [0.25, 0.3) is 0 Å². The Hall–Kier alpha value is -0.260. The van der Waals surface area contributed by atoms with Gasteiger partial charge in [-0.3, -0.25) is 0 Å². The zero-order valence-electron chi connectivity index (χ0n) is 5.11. The van der Waals surface area contributed by atoms with Gasteiger partial charge in [0.25, 0.3) is 0 Å². The highest BCUT2D eigenvalue weighted by Gasteiger charge is 2.20. The van der Waals surface area contributed by atoms with Crippen molar-refractivity contribution in [3.63, 3.8) is 0 Å². The van der Waals surface area contributed by atoms with Crippen molar-refractivity contribution in [2.75, 3.05) is 0 Å². The molecule has 1 radical (unpaired) electrons. The number of allylic oxidation sites excluding steroid dienone is 2. The molecule has 3 rings (SSSR count). The normalized spacial score (nSPS) is 28.2. The van der Waals surface area contributed by atoms with Gasteiger partial charge in [0, 0.05) is 0 Å². The van der Waals surface area contributed by atoms with E-state index in [-0.39, 0.29) is 0 Å². The van der Waals surface area contributed by atoms with Crippen molar-refractivity contribution in [2.45, 2.75) is 32.1 Å². The Balaban J connectivity index is 2.22. The predicted molar refractivity (Wildman–Crippen MR) is 34.4 cm³/mol. The zero-order chi connectivity index (χ0) is 5.40. The summed E-state index contributed by atoms with van der Waals surface area (Å²) in [6.45, 7) is 0. The molecule has 0 spiro atoms. The van der Waals surface area contributed by atoms with Gasteiger partial charge in [0.2, 0.25) is 0 Å². The molecule has 1 fully saturated rings. The van der Waals surface area contributed by atoms with Crippen LogP contribution in [0.3, 0.4) is 0 Å². The van der Waals surface area contributed by atoms with Crippen LogP contribution in [-0.2, 0) is 0 Å². The van der Waals surface area contributed by atoms with E-state index in [1.807, 2.05) is 0 Å². The fourth-order valence-corrected chi connectivity index (χ4v) is 1.62. The van der Waals surface area contributed by atoms with Gasteiger partial charge in [0.15, 0.2) is 0 Å². The summed E-state index contributed by atoms with van der Waals surface area (Å²) in [4.78, 5) is 0. The van der Waals surface area contributed by atoms with Crippen LogP contribution in [0.4, 0.5) is 0 Å². The molecular formula is C8H11. The zero-order valence-corrected chi connectivity index (χ0v) is 5.11. The average Bonchev–Trinajstić information content (AvgIpc) is 1.92. The van der Waals surface area contributed by atoms with Crippen LogP contribution in [0.5, 0.6) is 0 Å². The van der Waals surface area contributed by atoms with Crippen LogP contribution < -0.4 is 0 Å². The summed E-state index contributed by atoms with van der Waals surface area (Å²) in [6, 6.07) is 0. The van der Waals surface area contributed by atoms with E-state index in [9.17, 15) is 0 Å². The van der Waals surface area contributed by atoms with Gasteiger partial charge in [-0.15, -0.1) is 0 Å². The molecule has 0 N–H and O–H groups in total. The van der Waals surface area contributed by atoms with Gasteiger partial charge < -0.3 is 0 Å². The molecule has 0 aromatic rings. The van der Waals surface area contributed by atoms with E-state index in [1.165, 1.54) is 32.1 Å². The second-order valence-corrected chi connectivity index (χ2v) is 2.82. The van der Waals surface area contributed by atoms with Gasteiger partial charge in [-0.1, -0.05) is 11.6 Å². The highest BCUT2D eigenvalue weighted by Crippen LogP contribution is 2.37. The lowest BCUT2D eigenvalue weighted by Crippen LogP contribution is -2.10. The third-order valence-electron chi connectivity index (χ3n) is 2.28. The van der Waals surface area contributed by atoms with Crippen molar-refractivity contribution < 1.29 is 0 Å². The Bertz CT molecular complexity index is 112. The molecular weight excluding hydrogens is 96.1 g/mol. The van der Waals surface area contributed by atoms with E-state index in [2.05, 4.69) is 6.08 Å². The van der Waals surface area contributed by atoms with Crippen molar-refractivity contribution in [2.24, 2.45) is 0 Å². The van der Waals surface area contributed by atoms with Crippen molar-refractivity contribution in [1.82, 2.24) is 0 Å². The molecule has 2 bridgehead atoms. The summed E-state index contributed by atoms with van der Waals surface area (Å²) in [5.41, 5.74) is 1.72. The second-order valence-electron chi connectivity index (χ2n) is 2.82. The molecule has 0 nitrogen and oxygen atoms in total. The molecule has 43 valence electrons. The lowest BCUT2D eigenvalue weighted by Gasteiger charge is -2.27. The van der Waals surface area contributed by atoms with Gasteiger partial charge in [0.1, 0.15) is 0 Å². The number of rotatable bonds is 0. The third-order valence-corrected chi connectivity index (χ3v) is 2.28. The predicted octanol–water partition coefficient (Wildman–Crippen LogP) is 2.46. The maximum absolute atomic E-state index is 2.42. The van der Waals surface area contributed by atoms with E-state index in [0.29, 0.717) is 0 Å². The lowest BCUT2D eigenvalue weighted by molar-refractivity contribution is 0.580. The van der Waals surface area contributed by atoms with Gasteiger partial charge in [-0.25, -0.2) is 0 Å². The molecule has 3 aliphatic rings. The first-order valence-electron chi connectivity index (χ1n) is 3.46. The largest absolute Gasteiger partial charge is 0.0848 e. The summed E-state index contributed by atoms with van der Waals surface area (Å²) in [5.74, 6) is 1.79. The molecule has 0 aromatic heterocycles. The van der Waals surface area contributed by atoms with E-state index in [0.717, 1.165) is 0 Å². The minimum Gasteiger partial charge on any atom is -0.0848 e. The van der Waals surface area contributed by atoms with Crippen molar-refractivity contribution in [3.8, 4) is 0 Å². The van der Waals surface area contributed by atoms with Crippen LogP contribution in [0.15, 0.2) is 11.6 Å². The van der Waals surface area contributed by atoms with Crippen molar-refractivity contribution >= 4 is 0 Å². The Morgan fingerprint density at radius 2 is 1.75 bits per heavy atom. The fourth-order valence-electron chi connectivity index (χ4n) is 1.62. The average molecular weight is 107 g/mol. The van der Waals surface area contributed by atoms with E-state index >= 15 is 0 Å². The lowest BCUT2D eigenvalue weighted by atomic mass is 9.78. The quantitative estimate of drug-likeness (QED) is 0.417. The second kappa shape index (κ2) is 1.61. The standard InChI is InChI=1S/C8H11/c1-2-8-5-3-7(1)4-6-8/h1H,2-6H2. The van der Waals surface area contributed by atoms with Crippen LogP contribution in [0.1, 0.15) is 32.1 Å². The van der Waals surface area contributed by atoms with E-state index < -0.39 is 0 Å². The summed E-state index contributed by atoms with van der Waals surface area (Å²) in [7, 11) is 0. The number of hydrogen-bond donors (Lipinski definition) is 0. The Kier molecular flexibility index (Phi) is 0.927. The van der Waals surface area contributed by atoms with Crippen molar-refractivity contribution in [3.05, 3.63) is 17.6 Å². The molecule has 0 heteroatoms. The third kappa shape index (κ3) is 0.594. The molecule has 0 amide bonds. The van der Waals surface area contributed by atoms with Gasteiger partial charge in [-0.2, -0.15) is 0 Å². The highest BCUT2D eigenvalue weighted by molar-refractivity contribution is 5.20. The fraction of sp³-hybridized carbons (Fsp3) is 0.625. The van der Waals surface area contributed by atoms with Crippen LogP contribution in [0, 0.1) is 5.92 Å². The Morgan fingerprint density at radius 1 is 1.00 bits per heavy atom. The smallest absolute Gasteiger partial charge is 0.0197 e. The van der Waals surface area contributed by atoms with Gasteiger partial charge in [-0.05, 0) is 38.0 Å². The summed E-state index contributed by atoms with van der Waals surface area (Å²) in [6.07, 6.45) is 9.32. The first-order valence-corrected chi connectivity index (χ1v) is 3.46. The van der Waals surface area contributed by atoms with E-state index in [1.54, 1.807) is 11.5 Å². The number of fused-ring (bicyclic) bond motifs is 3. The number of hydrogen-bond acceptors (Lipinski definition) is 0. The minimum absolute atomic E-state index is 1.31. The molecule has 0 heterocycles. The monoisotopic (exact) mass is 107 g/mol. The summed E-state index contributed by atoms with van der Waals surface area (Å²) >= 11 is 0. The molecule has 0 atom stereocenters. The summed E-state index contributed by atoms with van der Waals surface area (Å²) in [5, 5.41) is 0. The van der Waals surface area contributed by atoms with Crippen LogP contribution >= 0.6 is 0 Å².